The Bertz CT molecular complexity index is 728. The Kier molecular flexibility index (Phi) is 2.30. The number of aryl methyl sites for hydroxylation is 2. The number of nitrogen functional groups attached to an aromatic ring is 1. The van der Waals surface area contributed by atoms with Crippen LogP contribution >= 0.6 is 0 Å². The summed E-state index contributed by atoms with van der Waals surface area (Å²) in [6, 6.07) is 8.28. The largest absolute Gasteiger partial charge is 0.383 e. The summed E-state index contributed by atoms with van der Waals surface area (Å²) in [6.07, 6.45) is 3.62. The molecule has 18 heavy (non-hydrogen) atoms. The lowest BCUT2D eigenvalue weighted by molar-refractivity contribution is 0.779. The standard InChI is InChI=1S/C14H14N4/c1-9-12-4-3-10(7-11(12)5-6-16-9)13-8-17-18(2)14(13)15/h3-8H,15H2,1-2H3. The van der Waals surface area contributed by atoms with Crippen LogP contribution in [0.2, 0.25) is 0 Å². The van der Waals surface area contributed by atoms with Gasteiger partial charge in [-0.2, -0.15) is 5.10 Å². The molecule has 2 heterocycles. The van der Waals surface area contributed by atoms with Gasteiger partial charge in [0.1, 0.15) is 5.82 Å². The molecule has 0 radical (unpaired) electrons. The van der Waals surface area contributed by atoms with Crippen LogP contribution in [0, 0.1) is 6.92 Å². The molecule has 2 aromatic heterocycles. The molecular weight excluding hydrogens is 224 g/mol. The molecule has 1 aromatic carbocycles. The van der Waals surface area contributed by atoms with Crippen LogP contribution in [0.3, 0.4) is 0 Å². The molecule has 3 aromatic rings. The molecule has 0 amide bonds. The first-order valence-electron chi connectivity index (χ1n) is 5.80. The maximum absolute atomic E-state index is 6.00. The van der Waals surface area contributed by atoms with Crippen LogP contribution in [0.4, 0.5) is 5.82 Å². The molecule has 0 saturated heterocycles. The summed E-state index contributed by atoms with van der Waals surface area (Å²) in [7, 11) is 1.84. The molecule has 4 heteroatoms. The van der Waals surface area contributed by atoms with Gasteiger partial charge in [-0.05, 0) is 30.0 Å². The minimum absolute atomic E-state index is 0.681. The van der Waals surface area contributed by atoms with Crippen LogP contribution in [-0.4, -0.2) is 14.8 Å². The number of hydrogen-bond acceptors (Lipinski definition) is 3. The molecule has 3 rings (SSSR count). The number of nitrogens with two attached hydrogens (primary N) is 1. The van der Waals surface area contributed by atoms with E-state index in [1.165, 1.54) is 10.8 Å². The first kappa shape index (κ1) is 10.8. The van der Waals surface area contributed by atoms with Crippen molar-refractivity contribution in [3.63, 3.8) is 0 Å². The average Bonchev–Trinajstić information content (AvgIpc) is 2.70. The number of nitrogens with zero attached hydrogens (tertiary/aromatic N) is 3. The Labute approximate surface area is 105 Å². The number of rotatable bonds is 1. The smallest absolute Gasteiger partial charge is 0.129 e. The van der Waals surface area contributed by atoms with Gasteiger partial charge in [0.25, 0.3) is 0 Å². The summed E-state index contributed by atoms with van der Waals surface area (Å²) in [6.45, 7) is 2.01. The fourth-order valence-electron chi connectivity index (χ4n) is 2.17. The topological polar surface area (TPSA) is 56.7 Å². The van der Waals surface area contributed by atoms with E-state index < -0.39 is 0 Å². The van der Waals surface area contributed by atoms with Crippen molar-refractivity contribution in [3.05, 3.63) is 42.4 Å². The van der Waals surface area contributed by atoms with Gasteiger partial charge >= 0.3 is 0 Å². The second-order valence-corrected chi connectivity index (χ2v) is 4.40. The molecule has 0 aliphatic heterocycles. The van der Waals surface area contributed by atoms with E-state index >= 15 is 0 Å². The Morgan fingerprint density at radius 1 is 1.22 bits per heavy atom. The Balaban J connectivity index is 2.23. The van der Waals surface area contributed by atoms with Crippen LogP contribution in [-0.2, 0) is 7.05 Å². The van der Waals surface area contributed by atoms with E-state index in [1.807, 2.05) is 26.2 Å². The highest BCUT2D eigenvalue weighted by Crippen LogP contribution is 2.28. The van der Waals surface area contributed by atoms with Crippen LogP contribution < -0.4 is 5.73 Å². The Morgan fingerprint density at radius 2 is 2.06 bits per heavy atom. The molecule has 0 bridgehead atoms. The molecule has 2 N–H and O–H groups in total. The third-order valence-corrected chi connectivity index (χ3v) is 3.26. The highest BCUT2D eigenvalue weighted by Gasteiger charge is 2.08. The first-order valence-corrected chi connectivity index (χ1v) is 5.80. The molecule has 90 valence electrons. The van der Waals surface area contributed by atoms with Crippen LogP contribution in [0.25, 0.3) is 21.9 Å². The number of benzene rings is 1. The first-order chi connectivity index (χ1) is 8.66. The van der Waals surface area contributed by atoms with E-state index in [2.05, 4.69) is 28.3 Å². The fraction of sp³-hybridized carbons (Fsp3) is 0.143. The minimum atomic E-state index is 0.681. The van der Waals surface area contributed by atoms with Gasteiger partial charge in [0.05, 0.1) is 6.20 Å². The van der Waals surface area contributed by atoms with Gasteiger partial charge in [-0.15, -0.1) is 0 Å². The second kappa shape index (κ2) is 3.84. The van der Waals surface area contributed by atoms with E-state index in [1.54, 1.807) is 10.9 Å². The van der Waals surface area contributed by atoms with Crippen LogP contribution in [0.1, 0.15) is 5.69 Å². The zero-order valence-electron chi connectivity index (χ0n) is 10.4. The van der Waals surface area contributed by atoms with Gasteiger partial charge in [0.2, 0.25) is 0 Å². The Hall–Kier alpha value is -2.36. The third-order valence-electron chi connectivity index (χ3n) is 3.26. The van der Waals surface area contributed by atoms with E-state index in [-0.39, 0.29) is 0 Å². The maximum Gasteiger partial charge on any atom is 0.129 e. The van der Waals surface area contributed by atoms with Gasteiger partial charge < -0.3 is 5.73 Å². The van der Waals surface area contributed by atoms with Crippen molar-refractivity contribution in [2.75, 3.05) is 5.73 Å². The van der Waals surface area contributed by atoms with Crippen molar-refractivity contribution >= 4 is 16.6 Å². The summed E-state index contributed by atoms with van der Waals surface area (Å²) < 4.78 is 1.68. The number of anilines is 1. The molecule has 0 aliphatic rings. The van der Waals surface area contributed by atoms with Crippen LogP contribution in [0.5, 0.6) is 0 Å². The summed E-state index contributed by atoms with van der Waals surface area (Å²) in [4.78, 5) is 4.29. The van der Waals surface area contributed by atoms with Crippen molar-refractivity contribution in [1.82, 2.24) is 14.8 Å². The lowest BCUT2D eigenvalue weighted by atomic mass is 10.0. The van der Waals surface area contributed by atoms with Gasteiger partial charge in [-0.25, -0.2) is 0 Å². The highest BCUT2D eigenvalue weighted by molar-refractivity contribution is 5.90. The summed E-state index contributed by atoms with van der Waals surface area (Å²) in [5.74, 6) is 0.681. The van der Waals surface area contributed by atoms with Gasteiger partial charge in [-0.1, -0.05) is 12.1 Å². The fourth-order valence-corrected chi connectivity index (χ4v) is 2.17. The molecule has 0 fully saturated rings. The van der Waals surface area contributed by atoms with Crippen LogP contribution in [0.15, 0.2) is 36.7 Å². The molecule has 0 saturated carbocycles. The number of fused-ring (bicyclic) bond motifs is 1. The minimum Gasteiger partial charge on any atom is -0.383 e. The van der Waals surface area contributed by atoms with Gasteiger partial charge in [-0.3, -0.25) is 9.67 Å². The van der Waals surface area contributed by atoms with Crippen molar-refractivity contribution in [1.29, 1.82) is 0 Å². The lowest BCUT2D eigenvalue weighted by Gasteiger charge is -2.05. The number of hydrogen-bond donors (Lipinski definition) is 1. The SMILES string of the molecule is Cc1nccc2cc(-c3cnn(C)c3N)ccc12. The Morgan fingerprint density at radius 3 is 2.78 bits per heavy atom. The maximum atomic E-state index is 6.00. The van der Waals surface area contributed by atoms with E-state index in [4.69, 9.17) is 5.73 Å². The summed E-state index contributed by atoms with van der Waals surface area (Å²) in [5.41, 5.74) is 9.09. The molecule has 0 spiro atoms. The summed E-state index contributed by atoms with van der Waals surface area (Å²) >= 11 is 0. The van der Waals surface area contributed by atoms with E-state index in [9.17, 15) is 0 Å². The van der Waals surface area contributed by atoms with Crippen molar-refractivity contribution in [3.8, 4) is 11.1 Å². The zero-order valence-corrected chi connectivity index (χ0v) is 10.4. The number of pyridine rings is 1. The average molecular weight is 238 g/mol. The predicted molar refractivity (Wildman–Crippen MR) is 73.1 cm³/mol. The van der Waals surface area contributed by atoms with E-state index in [0.717, 1.165) is 16.8 Å². The number of aromatic nitrogens is 3. The molecule has 0 atom stereocenters. The molecule has 0 unspecified atom stereocenters. The quantitative estimate of drug-likeness (QED) is 0.708. The monoisotopic (exact) mass is 238 g/mol. The lowest BCUT2D eigenvalue weighted by Crippen LogP contribution is -1.98. The van der Waals surface area contributed by atoms with Crippen molar-refractivity contribution in [2.24, 2.45) is 7.05 Å². The molecule has 0 aliphatic carbocycles. The second-order valence-electron chi connectivity index (χ2n) is 4.40. The summed E-state index contributed by atoms with van der Waals surface area (Å²) in [5, 5.41) is 6.51. The third kappa shape index (κ3) is 1.54. The highest BCUT2D eigenvalue weighted by atomic mass is 15.3. The molecular formula is C14H14N4. The van der Waals surface area contributed by atoms with Gasteiger partial charge in [0.15, 0.2) is 0 Å². The van der Waals surface area contributed by atoms with Crippen molar-refractivity contribution < 1.29 is 0 Å². The van der Waals surface area contributed by atoms with Gasteiger partial charge in [0, 0.05) is 29.9 Å². The zero-order chi connectivity index (χ0) is 12.7. The normalized spacial score (nSPS) is 11.0. The van der Waals surface area contributed by atoms with Crippen molar-refractivity contribution in [2.45, 2.75) is 6.92 Å². The van der Waals surface area contributed by atoms with E-state index in [0.29, 0.717) is 5.82 Å². The molecule has 4 nitrogen and oxygen atoms in total. The predicted octanol–water partition coefficient (Wildman–Crippen LogP) is 2.53.